The number of hydrogen-bond donors (Lipinski definition) is 2. The van der Waals surface area contributed by atoms with E-state index in [9.17, 15) is 23.3 Å². The third-order valence-corrected chi connectivity index (χ3v) is 5.28. The van der Waals surface area contributed by atoms with Crippen molar-refractivity contribution in [3.8, 4) is 0 Å². The Morgan fingerprint density at radius 1 is 1.15 bits per heavy atom. The van der Waals surface area contributed by atoms with E-state index in [1.54, 1.807) is 32.0 Å². The van der Waals surface area contributed by atoms with Gasteiger partial charge in [0.25, 0.3) is 5.69 Å². The molecule has 8 nitrogen and oxygen atoms in total. The maximum absolute atomic E-state index is 12.1. The maximum atomic E-state index is 12.1. The minimum atomic E-state index is -3.54. The molecule has 0 aromatic heterocycles. The number of sulfonamides is 1. The van der Waals surface area contributed by atoms with Gasteiger partial charge in [0.15, 0.2) is 0 Å². The zero-order chi connectivity index (χ0) is 20.0. The lowest BCUT2D eigenvalue weighted by Gasteiger charge is -2.10. The second-order valence-electron chi connectivity index (χ2n) is 6.28. The fraction of sp³-hybridized carbons (Fsp3) is 0.278. The summed E-state index contributed by atoms with van der Waals surface area (Å²) in [6.07, 6.45) is 0.581. The smallest absolute Gasteiger partial charge is 0.271 e. The molecule has 2 N–H and O–H groups in total. The Hall–Kier alpha value is -2.78. The van der Waals surface area contributed by atoms with Gasteiger partial charge < -0.3 is 5.32 Å². The Kier molecular flexibility index (Phi) is 6.65. The number of nitro benzene ring substituents is 1. The minimum Gasteiger partial charge on any atom is -0.326 e. The highest BCUT2D eigenvalue weighted by Gasteiger charge is 2.15. The van der Waals surface area contributed by atoms with Crippen LogP contribution in [-0.2, 0) is 21.2 Å². The molecule has 0 aliphatic carbocycles. The number of nitrogens with one attached hydrogen (secondary N) is 2. The summed E-state index contributed by atoms with van der Waals surface area (Å²) in [5, 5.41) is 13.4. The second kappa shape index (κ2) is 8.74. The molecule has 1 amide bonds. The number of nitro groups is 1. The SMILES string of the molecule is CC(C)NS(=O)(=O)c1ccc(CCC(=O)Nc2cccc([N+](=O)[O-])c2)cc1. The lowest BCUT2D eigenvalue weighted by Crippen LogP contribution is -2.30. The van der Waals surface area contributed by atoms with Gasteiger partial charge in [-0.2, -0.15) is 0 Å². The van der Waals surface area contributed by atoms with Crippen LogP contribution in [0.1, 0.15) is 25.8 Å². The summed E-state index contributed by atoms with van der Waals surface area (Å²) in [6, 6.07) is 11.8. The van der Waals surface area contributed by atoms with E-state index < -0.39 is 14.9 Å². The second-order valence-corrected chi connectivity index (χ2v) is 7.99. The number of hydrogen-bond acceptors (Lipinski definition) is 5. The van der Waals surface area contributed by atoms with Crippen molar-refractivity contribution in [1.29, 1.82) is 0 Å². The Balaban J connectivity index is 1.94. The van der Waals surface area contributed by atoms with E-state index >= 15 is 0 Å². The fourth-order valence-electron chi connectivity index (χ4n) is 2.39. The van der Waals surface area contributed by atoms with Crippen LogP contribution >= 0.6 is 0 Å². The highest BCUT2D eigenvalue weighted by molar-refractivity contribution is 7.89. The van der Waals surface area contributed by atoms with Crippen LogP contribution in [0.25, 0.3) is 0 Å². The van der Waals surface area contributed by atoms with E-state index in [0.717, 1.165) is 5.56 Å². The Bertz CT molecular complexity index is 924. The highest BCUT2D eigenvalue weighted by atomic mass is 32.2. The zero-order valence-electron chi connectivity index (χ0n) is 15.0. The Morgan fingerprint density at radius 3 is 2.41 bits per heavy atom. The molecule has 2 rings (SSSR count). The molecule has 0 saturated heterocycles. The normalized spacial score (nSPS) is 11.4. The Labute approximate surface area is 157 Å². The van der Waals surface area contributed by atoms with Crippen LogP contribution in [0.15, 0.2) is 53.4 Å². The van der Waals surface area contributed by atoms with Crippen LogP contribution in [-0.4, -0.2) is 25.3 Å². The van der Waals surface area contributed by atoms with Gasteiger partial charge in [0.05, 0.1) is 9.82 Å². The predicted molar refractivity (Wildman–Crippen MR) is 102 cm³/mol. The van der Waals surface area contributed by atoms with Gasteiger partial charge in [-0.05, 0) is 44.0 Å². The molecule has 0 aliphatic rings. The first kappa shape index (κ1) is 20.5. The first-order chi connectivity index (χ1) is 12.7. The summed E-state index contributed by atoms with van der Waals surface area (Å²) in [7, 11) is -3.54. The summed E-state index contributed by atoms with van der Waals surface area (Å²) >= 11 is 0. The van der Waals surface area contributed by atoms with Gasteiger partial charge in [0.2, 0.25) is 15.9 Å². The molecule has 0 saturated carbocycles. The van der Waals surface area contributed by atoms with Gasteiger partial charge in [-0.15, -0.1) is 0 Å². The van der Waals surface area contributed by atoms with E-state index in [1.807, 2.05) is 0 Å². The largest absolute Gasteiger partial charge is 0.326 e. The van der Waals surface area contributed by atoms with Crippen LogP contribution in [0.4, 0.5) is 11.4 Å². The number of non-ortho nitro benzene ring substituents is 1. The van der Waals surface area contributed by atoms with Crippen LogP contribution in [0.5, 0.6) is 0 Å². The summed E-state index contributed by atoms with van der Waals surface area (Å²) in [5.74, 6) is -0.284. The number of anilines is 1. The van der Waals surface area contributed by atoms with Crippen LogP contribution in [0, 0.1) is 10.1 Å². The van der Waals surface area contributed by atoms with Crippen molar-refractivity contribution >= 4 is 27.3 Å². The number of amides is 1. The topological polar surface area (TPSA) is 118 Å². The summed E-state index contributed by atoms with van der Waals surface area (Å²) in [4.78, 5) is 22.4. The summed E-state index contributed by atoms with van der Waals surface area (Å²) in [6.45, 7) is 3.48. The van der Waals surface area contributed by atoms with Gasteiger partial charge in [0.1, 0.15) is 0 Å². The molecule has 0 atom stereocenters. The van der Waals surface area contributed by atoms with E-state index in [2.05, 4.69) is 10.0 Å². The lowest BCUT2D eigenvalue weighted by atomic mass is 10.1. The standard InChI is InChI=1S/C18H21N3O5S/c1-13(2)20-27(25,26)17-9-6-14(7-10-17)8-11-18(22)19-15-4-3-5-16(12-15)21(23)24/h3-7,9-10,12-13,20H,8,11H2,1-2H3,(H,19,22). The van der Waals surface area contributed by atoms with Gasteiger partial charge in [0, 0.05) is 30.3 Å². The van der Waals surface area contributed by atoms with Crippen molar-refractivity contribution in [2.75, 3.05) is 5.32 Å². The monoisotopic (exact) mass is 391 g/mol. The molecule has 144 valence electrons. The molecular formula is C18H21N3O5S. The first-order valence-corrected chi connectivity index (χ1v) is 9.81. The number of benzene rings is 2. The number of nitrogens with zero attached hydrogens (tertiary/aromatic N) is 1. The van der Waals surface area contributed by atoms with Crippen molar-refractivity contribution in [2.45, 2.75) is 37.6 Å². The number of carbonyl (C=O) groups is 1. The number of rotatable bonds is 8. The zero-order valence-corrected chi connectivity index (χ0v) is 15.8. The van der Waals surface area contributed by atoms with E-state index in [1.165, 1.54) is 30.3 Å². The van der Waals surface area contributed by atoms with Crippen LogP contribution in [0.2, 0.25) is 0 Å². The minimum absolute atomic E-state index is 0.0976. The van der Waals surface area contributed by atoms with E-state index in [4.69, 9.17) is 0 Å². The van der Waals surface area contributed by atoms with Gasteiger partial charge in [-0.25, -0.2) is 13.1 Å². The van der Waals surface area contributed by atoms with E-state index in [0.29, 0.717) is 12.1 Å². The van der Waals surface area contributed by atoms with Crippen molar-refractivity contribution in [1.82, 2.24) is 4.72 Å². The van der Waals surface area contributed by atoms with Crippen molar-refractivity contribution in [3.63, 3.8) is 0 Å². The molecule has 0 unspecified atom stereocenters. The molecule has 9 heteroatoms. The average molecular weight is 391 g/mol. The number of aryl methyl sites for hydroxylation is 1. The fourth-order valence-corrected chi connectivity index (χ4v) is 3.64. The van der Waals surface area contributed by atoms with Gasteiger partial charge in [-0.3, -0.25) is 14.9 Å². The van der Waals surface area contributed by atoms with Crippen molar-refractivity contribution in [2.24, 2.45) is 0 Å². The molecule has 2 aromatic rings. The highest BCUT2D eigenvalue weighted by Crippen LogP contribution is 2.18. The van der Waals surface area contributed by atoms with Gasteiger partial charge >= 0.3 is 0 Å². The van der Waals surface area contributed by atoms with Gasteiger partial charge in [-0.1, -0.05) is 18.2 Å². The summed E-state index contributed by atoms with van der Waals surface area (Å²) < 4.78 is 26.7. The average Bonchev–Trinajstić information content (AvgIpc) is 2.59. The van der Waals surface area contributed by atoms with Crippen molar-refractivity contribution in [3.05, 3.63) is 64.2 Å². The van der Waals surface area contributed by atoms with Crippen LogP contribution < -0.4 is 10.0 Å². The third-order valence-electron chi connectivity index (χ3n) is 3.61. The molecule has 2 aromatic carbocycles. The molecule has 27 heavy (non-hydrogen) atoms. The molecule has 0 bridgehead atoms. The van der Waals surface area contributed by atoms with E-state index in [-0.39, 0.29) is 29.0 Å². The molecular weight excluding hydrogens is 370 g/mol. The van der Waals surface area contributed by atoms with Crippen molar-refractivity contribution < 1.29 is 18.1 Å². The van der Waals surface area contributed by atoms with Crippen LogP contribution in [0.3, 0.4) is 0 Å². The number of carbonyl (C=O) groups excluding carboxylic acids is 1. The first-order valence-electron chi connectivity index (χ1n) is 8.33. The quantitative estimate of drug-likeness (QED) is 0.530. The molecule has 0 aliphatic heterocycles. The molecule has 0 spiro atoms. The molecule has 0 fully saturated rings. The lowest BCUT2D eigenvalue weighted by molar-refractivity contribution is -0.384. The third kappa shape index (κ3) is 6.15. The maximum Gasteiger partial charge on any atom is 0.271 e. The predicted octanol–water partition coefficient (Wildman–Crippen LogP) is 2.85. The molecule has 0 heterocycles. The summed E-state index contributed by atoms with van der Waals surface area (Å²) in [5.41, 5.74) is 1.07. The molecule has 0 radical (unpaired) electrons. The Morgan fingerprint density at radius 2 is 1.81 bits per heavy atom.